The Labute approximate surface area is 192 Å². The van der Waals surface area contributed by atoms with Gasteiger partial charge in [-0.15, -0.1) is 0 Å². The molecule has 0 spiro atoms. The van der Waals surface area contributed by atoms with Crippen LogP contribution in [-0.4, -0.2) is 52.3 Å². The topological polar surface area (TPSA) is 63.9 Å². The number of hydrogen-bond donors (Lipinski definition) is 0. The van der Waals surface area contributed by atoms with E-state index in [9.17, 15) is 9.59 Å². The number of ether oxygens (including phenoxy) is 1. The van der Waals surface area contributed by atoms with Crippen LogP contribution in [0.3, 0.4) is 0 Å². The molecule has 166 valence electrons. The second kappa shape index (κ2) is 9.38. The molecule has 2 aromatic carbocycles. The third-order valence-corrected chi connectivity index (χ3v) is 6.04. The summed E-state index contributed by atoms with van der Waals surface area (Å²) in [6, 6.07) is 21.5. The highest BCUT2D eigenvalue weighted by Gasteiger charge is 2.19. The first-order chi connectivity index (χ1) is 16.2. The highest BCUT2D eigenvalue weighted by molar-refractivity contribution is 5.94. The molecular formula is C27H25N3O3. The summed E-state index contributed by atoms with van der Waals surface area (Å²) in [7, 11) is 0. The normalized spacial score (nSPS) is 13.9. The molecule has 0 atom stereocenters. The molecule has 5 rings (SSSR count). The lowest BCUT2D eigenvalue weighted by Gasteiger charge is -2.26. The third kappa shape index (κ3) is 4.56. The second-order valence-corrected chi connectivity index (χ2v) is 8.24. The van der Waals surface area contributed by atoms with E-state index in [1.165, 1.54) is 0 Å². The summed E-state index contributed by atoms with van der Waals surface area (Å²) >= 11 is 0. The number of amides is 1. The van der Waals surface area contributed by atoms with Crippen LogP contribution in [0.25, 0.3) is 16.6 Å². The molecule has 33 heavy (non-hydrogen) atoms. The van der Waals surface area contributed by atoms with E-state index in [0.717, 1.165) is 27.9 Å². The minimum Gasteiger partial charge on any atom is -0.378 e. The highest BCUT2D eigenvalue weighted by Crippen LogP contribution is 2.26. The van der Waals surface area contributed by atoms with Gasteiger partial charge in [-0.25, -0.2) is 4.98 Å². The van der Waals surface area contributed by atoms with Crippen molar-refractivity contribution in [1.82, 2.24) is 14.3 Å². The van der Waals surface area contributed by atoms with Crippen molar-refractivity contribution in [2.45, 2.75) is 12.8 Å². The zero-order chi connectivity index (χ0) is 22.6. The van der Waals surface area contributed by atoms with Gasteiger partial charge in [0.15, 0.2) is 0 Å². The molecule has 0 bridgehead atoms. The molecule has 1 fully saturated rings. The SMILES string of the molecule is O=C(Cc1ccc(C(=O)N2CCOCC2)cc1)Cc1c(-c2ccccc2)ccc2cncn12. The van der Waals surface area contributed by atoms with Crippen LogP contribution in [-0.2, 0) is 22.4 Å². The quantitative estimate of drug-likeness (QED) is 0.458. The molecule has 6 nitrogen and oxygen atoms in total. The summed E-state index contributed by atoms with van der Waals surface area (Å²) < 4.78 is 7.31. The first-order valence-electron chi connectivity index (χ1n) is 11.2. The van der Waals surface area contributed by atoms with Gasteiger partial charge >= 0.3 is 0 Å². The summed E-state index contributed by atoms with van der Waals surface area (Å²) in [6.07, 6.45) is 4.17. The summed E-state index contributed by atoms with van der Waals surface area (Å²) in [6.45, 7) is 2.38. The van der Waals surface area contributed by atoms with Crippen molar-refractivity contribution in [2.24, 2.45) is 0 Å². The average Bonchev–Trinajstić information content (AvgIpc) is 3.35. The van der Waals surface area contributed by atoms with Crippen LogP contribution in [0.2, 0.25) is 0 Å². The fraction of sp³-hybridized carbons (Fsp3) is 0.222. The average molecular weight is 440 g/mol. The van der Waals surface area contributed by atoms with Crippen molar-refractivity contribution in [1.29, 1.82) is 0 Å². The van der Waals surface area contributed by atoms with E-state index in [0.29, 0.717) is 44.7 Å². The predicted octanol–water partition coefficient (Wildman–Crippen LogP) is 3.83. The fourth-order valence-corrected chi connectivity index (χ4v) is 4.30. The van der Waals surface area contributed by atoms with Gasteiger partial charge < -0.3 is 14.0 Å². The van der Waals surface area contributed by atoms with Crippen molar-refractivity contribution < 1.29 is 14.3 Å². The van der Waals surface area contributed by atoms with Gasteiger partial charge in [0.05, 0.1) is 31.3 Å². The molecule has 0 unspecified atom stereocenters. The van der Waals surface area contributed by atoms with E-state index < -0.39 is 0 Å². The summed E-state index contributed by atoms with van der Waals surface area (Å²) in [5, 5.41) is 0. The molecule has 1 aliphatic rings. The number of pyridine rings is 1. The number of carbonyl (C=O) groups excluding carboxylic acids is 2. The Bertz CT molecular complexity index is 1270. The van der Waals surface area contributed by atoms with E-state index in [1.807, 2.05) is 52.9 Å². The molecule has 2 aromatic heterocycles. The van der Waals surface area contributed by atoms with Gasteiger partial charge in [-0.3, -0.25) is 9.59 Å². The number of imidazole rings is 1. The number of aromatic nitrogens is 2. The molecule has 3 heterocycles. The van der Waals surface area contributed by atoms with Crippen molar-refractivity contribution in [3.05, 3.63) is 96.1 Å². The minimum absolute atomic E-state index is 0.00969. The van der Waals surface area contributed by atoms with Gasteiger partial charge in [-0.2, -0.15) is 0 Å². The van der Waals surface area contributed by atoms with Crippen molar-refractivity contribution in [2.75, 3.05) is 26.3 Å². The Morgan fingerprint density at radius 1 is 0.879 bits per heavy atom. The van der Waals surface area contributed by atoms with Crippen molar-refractivity contribution >= 4 is 17.2 Å². The van der Waals surface area contributed by atoms with Crippen LogP contribution in [0.4, 0.5) is 0 Å². The smallest absolute Gasteiger partial charge is 0.254 e. The van der Waals surface area contributed by atoms with Crippen molar-refractivity contribution in [3.63, 3.8) is 0 Å². The maximum atomic E-state index is 13.1. The largest absolute Gasteiger partial charge is 0.378 e. The number of fused-ring (bicyclic) bond motifs is 1. The van der Waals surface area contributed by atoms with Crippen LogP contribution in [0.1, 0.15) is 21.6 Å². The van der Waals surface area contributed by atoms with Gasteiger partial charge in [0.1, 0.15) is 5.78 Å². The molecule has 0 N–H and O–H groups in total. The van der Waals surface area contributed by atoms with E-state index >= 15 is 0 Å². The molecule has 1 amide bonds. The summed E-state index contributed by atoms with van der Waals surface area (Å²) in [4.78, 5) is 31.8. The van der Waals surface area contributed by atoms with Crippen LogP contribution >= 0.6 is 0 Å². The third-order valence-electron chi connectivity index (χ3n) is 6.04. The molecule has 4 aromatic rings. The number of carbonyl (C=O) groups is 2. The Kier molecular flexibility index (Phi) is 6.00. The van der Waals surface area contributed by atoms with E-state index in [4.69, 9.17) is 4.74 Å². The lowest BCUT2D eigenvalue weighted by molar-refractivity contribution is -0.117. The van der Waals surface area contributed by atoms with E-state index in [2.05, 4.69) is 23.2 Å². The number of Topliss-reactive ketones (excluding diaryl/α,β-unsaturated/α-hetero) is 1. The highest BCUT2D eigenvalue weighted by atomic mass is 16.5. The number of rotatable bonds is 6. The van der Waals surface area contributed by atoms with Crippen LogP contribution in [0, 0.1) is 0 Å². The van der Waals surface area contributed by atoms with E-state index in [1.54, 1.807) is 17.4 Å². The van der Waals surface area contributed by atoms with Gasteiger partial charge in [0.2, 0.25) is 0 Å². The molecular weight excluding hydrogens is 414 g/mol. The summed E-state index contributed by atoms with van der Waals surface area (Å²) in [5.74, 6) is 0.121. The maximum absolute atomic E-state index is 13.1. The molecule has 1 saturated heterocycles. The van der Waals surface area contributed by atoms with Crippen LogP contribution < -0.4 is 0 Å². The minimum atomic E-state index is 0.00969. The van der Waals surface area contributed by atoms with Gasteiger partial charge in [-0.1, -0.05) is 48.5 Å². The molecule has 1 aliphatic heterocycles. The number of nitrogens with zero attached hydrogens (tertiary/aromatic N) is 3. The Balaban J connectivity index is 1.33. The Hall–Kier alpha value is -3.77. The summed E-state index contributed by atoms with van der Waals surface area (Å²) in [5.41, 5.74) is 5.53. The van der Waals surface area contributed by atoms with Gasteiger partial charge in [-0.05, 0) is 29.3 Å². The monoisotopic (exact) mass is 439 g/mol. The number of hydrogen-bond acceptors (Lipinski definition) is 4. The Morgan fingerprint density at radius 3 is 2.39 bits per heavy atom. The lowest BCUT2D eigenvalue weighted by atomic mass is 9.98. The zero-order valence-corrected chi connectivity index (χ0v) is 18.3. The molecule has 6 heteroatoms. The number of benzene rings is 2. The van der Waals surface area contributed by atoms with Crippen molar-refractivity contribution in [3.8, 4) is 11.1 Å². The maximum Gasteiger partial charge on any atom is 0.254 e. The predicted molar refractivity (Wildman–Crippen MR) is 126 cm³/mol. The number of morpholine rings is 1. The first kappa shape index (κ1) is 21.1. The van der Waals surface area contributed by atoms with Crippen LogP contribution in [0.15, 0.2) is 79.3 Å². The lowest BCUT2D eigenvalue weighted by Crippen LogP contribution is -2.40. The van der Waals surface area contributed by atoms with Crippen LogP contribution in [0.5, 0.6) is 0 Å². The van der Waals surface area contributed by atoms with Gasteiger partial charge in [0, 0.05) is 42.8 Å². The fourth-order valence-electron chi connectivity index (χ4n) is 4.30. The van der Waals surface area contributed by atoms with E-state index in [-0.39, 0.29) is 11.7 Å². The number of ketones is 1. The molecule has 0 radical (unpaired) electrons. The van der Waals surface area contributed by atoms with Gasteiger partial charge in [0.25, 0.3) is 5.91 Å². The second-order valence-electron chi connectivity index (χ2n) is 8.24. The Morgan fingerprint density at radius 2 is 1.64 bits per heavy atom. The zero-order valence-electron chi connectivity index (χ0n) is 18.3. The first-order valence-corrected chi connectivity index (χ1v) is 11.2. The molecule has 0 saturated carbocycles. The standard InChI is InChI=1S/C27H25N3O3/c31-24(16-20-6-8-22(9-7-20)27(32)29-12-14-33-15-13-29)17-26-25(21-4-2-1-3-5-21)11-10-23-18-28-19-30(23)26/h1-11,18-19H,12-17H2. The molecule has 0 aliphatic carbocycles.